The van der Waals surface area contributed by atoms with Gasteiger partial charge >= 0.3 is 0 Å². The van der Waals surface area contributed by atoms with E-state index in [-0.39, 0.29) is 0 Å². The summed E-state index contributed by atoms with van der Waals surface area (Å²) in [7, 11) is 4.07. The Hall–Kier alpha value is -0.770. The molecule has 0 aromatic heterocycles. The highest BCUT2D eigenvalue weighted by Gasteiger charge is 2.33. The molecule has 1 aliphatic heterocycles. The standard InChI is InChI=1S/C13H26N4/c1-10-7-12(10)16-13(14-2)15-8-11-5-4-6-17(3)9-11/h10-12H,4-9H2,1-3H3,(H2,14,15,16). The first-order valence-corrected chi connectivity index (χ1v) is 6.84. The van der Waals surface area contributed by atoms with Crippen molar-refractivity contribution in [3.63, 3.8) is 0 Å². The molecule has 2 aliphatic rings. The van der Waals surface area contributed by atoms with Gasteiger partial charge in [-0.15, -0.1) is 0 Å². The topological polar surface area (TPSA) is 39.7 Å². The average Bonchev–Trinajstić information content (AvgIpc) is 3.00. The molecule has 0 aromatic carbocycles. The number of hydrogen-bond donors (Lipinski definition) is 2. The third kappa shape index (κ3) is 3.87. The fourth-order valence-corrected chi connectivity index (χ4v) is 2.57. The number of piperidine rings is 1. The molecule has 1 heterocycles. The second-order valence-electron chi connectivity index (χ2n) is 5.69. The number of aliphatic imine (C=N–C) groups is 1. The number of nitrogens with zero attached hydrogens (tertiary/aromatic N) is 2. The van der Waals surface area contributed by atoms with Crippen LogP contribution in [0.1, 0.15) is 26.2 Å². The van der Waals surface area contributed by atoms with Crippen LogP contribution in [0.2, 0.25) is 0 Å². The van der Waals surface area contributed by atoms with Gasteiger partial charge in [0.05, 0.1) is 0 Å². The van der Waals surface area contributed by atoms with Crippen LogP contribution in [0.5, 0.6) is 0 Å². The van der Waals surface area contributed by atoms with Gasteiger partial charge in [-0.1, -0.05) is 6.92 Å². The quantitative estimate of drug-likeness (QED) is 0.567. The summed E-state index contributed by atoms with van der Waals surface area (Å²) in [6.45, 7) is 5.79. The summed E-state index contributed by atoms with van der Waals surface area (Å²) >= 11 is 0. The fourth-order valence-electron chi connectivity index (χ4n) is 2.57. The summed E-state index contributed by atoms with van der Waals surface area (Å²) < 4.78 is 0. The number of likely N-dealkylation sites (tertiary alicyclic amines) is 1. The number of rotatable bonds is 3. The highest BCUT2D eigenvalue weighted by Crippen LogP contribution is 2.28. The van der Waals surface area contributed by atoms with Gasteiger partial charge in [-0.25, -0.2) is 0 Å². The minimum absolute atomic E-state index is 0.648. The molecule has 4 heteroatoms. The molecular weight excluding hydrogens is 212 g/mol. The van der Waals surface area contributed by atoms with Crippen LogP contribution in [-0.4, -0.2) is 50.6 Å². The zero-order valence-electron chi connectivity index (χ0n) is 11.4. The summed E-state index contributed by atoms with van der Waals surface area (Å²) in [6.07, 6.45) is 3.95. The summed E-state index contributed by atoms with van der Waals surface area (Å²) in [5, 5.41) is 6.93. The van der Waals surface area contributed by atoms with Gasteiger partial charge in [0.15, 0.2) is 5.96 Å². The van der Waals surface area contributed by atoms with Crippen molar-refractivity contribution in [2.45, 2.75) is 32.2 Å². The van der Waals surface area contributed by atoms with Crippen molar-refractivity contribution in [2.75, 3.05) is 33.7 Å². The Balaban J connectivity index is 1.68. The monoisotopic (exact) mass is 238 g/mol. The van der Waals surface area contributed by atoms with E-state index < -0.39 is 0 Å². The van der Waals surface area contributed by atoms with Gasteiger partial charge in [0, 0.05) is 26.2 Å². The molecule has 4 nitrogen and oxygen atoms in total. The second kappa shape index (κ2) is 5.71. The van der Waals surface area contributed by atoms with E-state index in [2.05, 4.69) is 34.5 Å². The van der Waals surface area contributed by atoms with Crippen LogP contribution in [0.4, 0.5) is 0 Å². The van der Waals surface area contributed by atoms with Gasteiger partial charge in [-0.3, -0.25) is 4.99 Å². The van der Waals surface area contributed by atoms with Crippen molar-refractivity contribution in [3.8, 4) is 0 Å². The highest BCUT2D eigenvalue weighted by atomic mass is 15.2. The Kier molecular flexibility index (Phi) is 4.26. The zero-order chi connectivity index (χ0) is 12.3. The molecule has 0 radical (unpaired) electrons. The number of hydrogen-bond acceptors (Lipinski definition) is 2. The van der Waals surface area contributed by atoms with Crippen LogP contribution in [0, 0.1) is 11.8 Å². The van der Waals surface area contributed by atoms with Crippen LogP contribution in [0.15, 0.2) is 4.99 Å². The molecule has 2 fully saturated rings. The van der Waals surface area contributed by atoms with E-state index in [1.54, 1.807) is 0 Å². The Morgan fingerprint density at radius 3 is 2.82 bits per heavy atom. The summed E-state index contributed by atoms with van der Waals surface area (Å²) in [5.74, 6) is 2.56. The molecular formula is C13H26N4. The Bertz CT molecular complexity index is 277. The van der Waals surface area contributed by atoms with E-state index in [0.717, 1.165) is 24.3 Å². The van der Waals surface area contributed by atoms with Crippen molar-refractivity contribution >= 4 is 5.96 Å². The normalized spacial score (nSPS) is 34.5. The molecule has 0 bridgehead atoms. The molecule has 0 aromatic rings. The molecule has 17 heavy (non-hydrogen) atoms. The van der Waals surface area contributed by atoms with Gasteiger partial charge in [-0.05, 0) is 44.7 Å². The Morgan fingerprint density at radius 1 is 1.47 bits per heavy atom. The van der Waals surface area contributed by atoms with Crippen molar-refractivity contribution in [2.24, 2.45) is 16.8 Å². The molecule has 0 spiro atoms. The van der Waals surface area contributed by atoms with Crippen LogP contribution in [0.3, 0.4) is 0 Å². The molecule has 0 amide bonds. The van der Waals surface area contributed by atoms with Gasteiger partial charge < -0.3 is 15.5 Å². The first-order chi connectivity index (χ1) is 8.19. The van der Waals surface area contributed by atoms with Crippen LogP contribution < -0.4 is 10.6 Å². The minimum atomic E-state index is 0.648. The molecule has 2 N–H and O–H groups in total. The van der Waals surface area contributed by atoms with Gasteiger partial charge in [-0.2, -0.15) is 0 Å². The van der Waals surface area contributed by atoms with E-state index in [4.69, 9.17) is 0 Å². The van der Waals surface area contributed by atoms with Crippen molar-refractivity contribution in [1.29, 1.82) is 0 Å². The van der Waals surface area contributed by atoms with E-state index >= 15 is 0 Å². The van der Waals surface area contributed by atoms with E-state index in [9.17, 15) is 0 Å². The lowest BCUT2D eigenvalue weighted by atomic mass is 9.99. The van der Waals surface area contributed by atoms with Gasteiger partial charge in [0.1, 0.15) is 0 Å². The maximum absolute atomic E-state index is 4.29. The van der Waals surface area contributed by atoms with Gasteiger partial charge in [0.25, 0.3) is 0 Å². The SMILES string of the molecule is CN=C(NCC1CCCN(C)C1)NC1CC1C. The van der Waals surface area contributed by atoms with Crippen LogP contribution in [-0.2, 0) is 0 Å². The Labute approximate surface area is 105 Å². The third-order valence-electron chi connectivity index (χ3n) is 3.94. The van der Waals surface area contributed by atoms with Crippen molar-refractivity contribution in [1.82, 2.24) is 15.5 Å². The van der Waals surface area contributed by atoms with Gasteiger partial charge in [0.2, 0.25) is 0 Å². The maximum atomic E-state index is 4.29. The minimum Gasteiger partial charge on any atom is -0.356 e. The second-order valence-corrected chi connectivity index (χ2v) is 5.69. The van der Waals surface area contributed by atoms with Crippen molar-refractivity contribution < 1.29 is 0 Å². The molecule has 1 saturated heterocycles. The summed E-state index contributed by atoms with van der Waals surface area (Å²) in [6, 6.07) is 0.648. The average molecular weight is 238 g/mol. The fraction of sp³-hybridized carbons (Fsp3) is 0.923. The largest absolute Gasteiger partial charge is 0.356 e. The molecule has 1 saturated carbocycles. The van der Waals surface area contributed by atoms with Crippen molar-refractivity contribution in [3.05, 3.63) is 0 Å². The third-order valence-corrected chi connectivity index (χ3v) is 3.94. The van der Waals surface area contributed by atoms with E-state index in [0.29, 0.717) is 6.04 Å². The van der Waals surface area contributed by atoms with E-state index in [1.807, 2.05) is 7.05 Å². The molecule has 98 valence electrons. The summed E-state index contributed by atoms with van der Waals surface area (Å²) in [4.78, 5) is 6.71. The lowest BCUT2D eigenvalue weighted by Gasteiger charge is -2.30. The Morgan fingerprint density at radius 2 is 2.24 bits per heavy atom. The molecule has 1 aliphatic carbocycles. The zero-order valence-corrected chi connectivity index (χ0v) is 11.4. The number of nitrogens with one attached hydrogen (secondary N) is 2. The summed E-state index contributed by atoms with van der Waals surface area (Å²) in [5.41, 5.74) is 0. The smallest absolute Gasteiger partial charge is 0.191 e. The molecule has 2 rings (SSSR count). The predicted molar refractivity (Wildman–Crippen MR) is 72.3 cm³/mol. The van der Waals surface area contributed by atoms with Crippen LogP contribution >= 0.6 is 0 Å². The predicted octanol–water partition coefficient (Wildman–Crippen LogP) is 0.902. The van der Waals surface area contributed by atoms with E-state index in [1.165, 1.54) is 32.4 Å². The first kappa shape index (κ1) is 12.7. The highest BCUT2D eigenvalue weighted by molar-refractivity contribution is 5.80. The first-order valence-electron chi connectivity index (χ1n) is 6.84. The molecule has 3 atom stereocenters. The lowest BCUT2D eigenvalue weighted by molar-refractivity contribution is 0.210. The van der Waals surface area contributed by atoms with Crippen LogP contribution in [0.25, 0.3) is 0 Å². The molecule has 3 unspecified atom stereocenters. The maximum Gasteiger partial charge on any atom is 0.191 e. The number of guanidine groups is 1. The lowest BCUT2D eigenvalue weighted by Crippen LogP contribution is -2.44.